The fourth-order valence-electron chi connectivity index (χ4n) is 3.39. The lowest BCUT2D eigenvalue weighted by molar-refractivity contribution is -0.0921. The van der Waals surface area contributed by atoms with E-state index in [1.807, 2.05) is 0 Å². The number of amides is 1. The summed E-state index contributed by atoms with van der Waals surface area (Å²) in [4.78, 5) is 30.0. The summed E-state index contributed by atoms with van der Waals surface area (Å²) < 4.78 is 48.2. The molecule has 3 aromatic rings. The zero-order chi connectivity index (χ0) is 26.2. The molecule has 3 heterocycles. The summed E-state index contributed by atoms with van der Waals surface area (Å²) >= 11 is 1.53. The quantitative estimate of drug-likeness (QED) is 0.378. The molecule has 1 unspecified atom stereocenters. The second kappa shape index (κ2) is 10.4. The SMILES string of the molecule is CC(C)(C)N(C(=O)ON1CC[C@@H](Sc2nonc2-c2noc(=O)n2-c2ccc(F)c(Br)c2)C1)S(=O)[O-]. The average molecular weight is 606 g/mol. The van der Waals surface area contributed by atoms with Crippen LogP contribution in [0.4, 0.5) is 9.18 Å². The molecule has 2 atom stereocenters. The van der Waals surface area contributed by atoms with Crippen molar-refractivity contribution in [1.29, 1.82) is 0 Å². The summed E-state index contributed by atoms with van der Waals surface area (Å²) in [7, 11) is 0. The van der Waals surface area contributed by atoms with Crippen LogP contribution in [0.1, 0.15) is 27.2 Å². The Morgan fingerprint density at radius 3 is 2.78 bits per heavy atom. The second-order valence-electron chi connectivity index (χ2n) is 8.58. The number of hydrogen-bond acceptors (Lipinski definition) is 12. The van der Waals surface area contributed by atoms with Crippen LogP contribution in [0.15, 0.2) is 41.6 Å². The van der Waals surface area contributed by atoms with Gasteiger partial charge in [-0.3, -0.25) is 8.73 Å². The van der Waals surface area contributed by atoms with Crippen LogP contribution in [0, 0.1) is 5.82 Å². The van der Waals surface area contributed by atoms with Crippen LogP contribution in [0.25, 0.3) is 17.2 Å². The van der Waals surface area contributed by atoms with Crippen LogP contribution in [-0.4, -0.2) is 68.1 Å². The molecule has 1 aromatic carbocycles. The monoisotopic (exact) mass is 605 g/mol. The number of carbonyl (C=O) groups excluding carboxylic acids is 1. The van der Waals surface area contributed by atoms with Crippen molar-refractivity contribution in [3.05, 3.63) is 39.0 Å². The number of nitrogens with zero attached hydrogens (tertiary/aromatic N) is 6. The normalized spacial score (nSPS) is 17.3. The van der Waals surface area contributed by atoms with E-state index in [0.29, 0.717) is 22.3 Å². The summed E-state index contributed by atoms with van der Waals surface area (Å²) in [5.41, 5.74) is -0.587. The third-order valence-electron chi connectivity index (χ3n) is 4.95. The first-order valence-electron chi connectivity index (χ1n) is 10.4. The molecule has 13 nitrogen and oxygen atoms in total. The van der Waals surface area contributed by atoms with Gasteiger partial charge in [-0.25, -0.2) is 27.5 Å². The zero-order valence-corrected chi connectivity index (χ0v) is 22.3. The highest BCUT2D eigenvalue weighted by Gasteiger charge is 2.34. The number of aromatic nitrogens is 4. The first-order chi connectivity index (χ1) is 17.0. The molecule has 0 saturated carbocycles. The Morgan fingerprint density at radius 2 is 2.11 bits per heavy atom. The van der Waals surface area contributed by atoms with Gasteiger partial charge < -0.3 is 9.39 Å². The van der Waals surface area contributed by atoms with E-state index in [9.17, 15) is 22.7 Å². The molecule has 194 valence electrons. The maximum Gasteiger partial charge on any atom is 0.446 e. The van der Waals surface area contributed by atoms with Crippen molar-refractivity contribution in [2.45, 2.75) is 43.0 Å². The Balaban J connectivity index is 1.49. The van der Waals surface area contributed by atoms with E-state index in [4.69, 9.17) is 14.0 Å². The van der Waals surface area contributed by atoms with Crippen molar-refractivity contribution < 1.29 is 31.9 Å². The summed E-state index contributed by atoms with van der Waals surface area (Å²) in [6.07, 6.45) is -0.445. The fraction of sp³-hybridized carbons (Fsp3) is 0.421. The number of hydrogen-bond donors (Lipinski definition) is 0. The molecule has 36 heavy (non-hydrogen) atoms. The molecule has 1 fully saturated rings. The number of thioether (sulfide) groups is 1. The second-order valence-corrected chi connectivity index (χ2v) is 11.5. The van der Waals surface area contributed by atoms with E-state index in [1.54, 1.807) is 20.8 Å². The minimum atomic E-state index is -2.80. The predicted molar refractivity (Wildman–Crippen MR) is 126 cm³/mol. The van der Waals surface area contributed by atoms with Crippen LogP contribution in [0.5, 0.6) is 0 Å². The minimum absolute atomic E-state index is 0.00211. The van der Waals surface area contributed by atoms with Gasteiger partial charge in [0.15, 0.2) is 10.7 Å². The highest BCUT2D eigenvalue weighted by Crippen LogP contribution is 2.35. The largest absolute Gasteiger partial charge is 0.755 e. The van der Waals surface area contributed by atoms with E-state index in [0.717, 1.165) is 4.57 Å². The molecule has 0 radical (unpaired) electrons. The number of carbonyl (C=O) groups is 1. The third kappa shape index (κ3) is 5.54. The van der Waals surface area contributed by atoms with E-state index in [-0.39, 0.29) is 33.5 Å². The molecule has 2 aromatic heterocycles. The van der Waals surface area contributed by atoms with Gasteiger partial charge in [-0.15, -0.1) is 5.06 Å². The fourth-order valence-corrected chi connectivity index (χ4v) is 5.45. The van der Waals surface area contributed by atoms with Crippen LogP contribution < -0.4 is 5.76 Å². The summed E-state index contributed by atoms with van der Waals surface area (Å²) in [6.45, 7) is 5.33. The highest BCUT2D eigenvalue weighted by molar-refractivity contribution is 9.10. The summed E-state index contributed by atoms with van der Waals surface area (Å²) in [5.74, 6) is -1.33. The lowest BCUT2D eigenvalue weighted by Gasteiger charge is -2.35. The highest BCUT2D eigenvalue weighted by atomic mass is 79.9. The van der Waals surface area contributed by atoms with Crippen molar-refractivity contribution in [3.63, 3.8) is 0 Å². The van der Waals surface area contributed by atoms with Crippen LogP contribution >= 0.6 is 27.7 Å². The van der Waals surface area contributed by atoms with Gasteiger partial charge in [0.05, 0.1) is 27.0 Å². The molecule has 0 aliphatic carbocycles. The Morgan fingerprint density at radius 1 is 1.36 bits per heavy atom. The first kappa shape index (κ1) is 26.5. The Labute approximate surface area is 218 Å². The summed E-state index contributed by atoms with van der Waals surface area (Å²) in [5, 5.41) is 13.1. The number of benzene rings is 1. The van der Waals surface area contributed by atoms with Gasteiger partial charge in [-0.05, 0) is 71.6 Å². The van der Waals surface area contributed by atoms with Gasteiger partial charge in [-0.1, -0.05) is 16.9 Å². The van der Waals surface area contributed by atoms with Gasteiger partial charge in [0.1, 0.15) is 5.82 Å². The molecule has 1 aliphatic heterocycles. The van der Waals surface area contributed by atoms with Gasteiger partial charge in [-0.2, -0.15) is 0 Å². The van der Waals surface area contributed by atoms with Crippen molar-refractivity contribution in [2.24, 2.45) is 0 Å². The first-order valence-corrected chi connectivity index (χ1v) is 13.1. The minimum Gasteiger partial charge on any atom is -0.755 e. The van der Waals surface area contributed by atoms with E-state index in [2.05, 4.69) is 31.4 Å². The molecule has 0 bridgehead atoms. The molecular weight excluding hydrogens is 587 g/mol. The number of hydroxylamine groups is 2. The van der Waals surface area contributed by atoms with Gasteiger partial charge >= 0.3 is 11.8 Å². The van der Waals surface area contributed by atoms with Crippen molar-refractivity contribution in [3.8, 4) is 17.2 Å². The topological polar surface area (TPSA) is 160 Å². The molecular formula is C19H19BrFN6O7S2-. The average Bonchev–Trinajstić information content (AvgIpc) is 3.49. The van der Waals surface area contributed by atoms with Gasteiger partial charge in [0, 0.05) is 18.3 Å². The maximum atomic E-state index is 13.7. The van der Waals surface area contributed by atoms with E-state index in [1.165, 1.54) is 35.0 Å². The Bertz CT molecular complexity index is 1360. The van der Waals surface area contributed by atoms with Crippen molar-refractivity contribution in [2.75, 3.05) is 13.1 Å². The van der Waals surface area contributed by atoms with E-state index >= 15 is 0 Å². The smallest absolute Gasteiger partial charge is 0.446 e. The lowest BCUT2D eigenvalue weighted by atomic mass is 10.1. The van der Waals surface area contributed by atoms with Crippen LogP contribution in [0.3, 0.4) is 0 Å². The molecule has 1 saturated heterocycles. The van der Waals surface area contributed by atoms with Crippen molar-refractivity contribution >= 4 is 45.1 Å². The molecule has 1 aliphatic rings. The molecule has 17 heteroatoms. The number of rotatable bonds is 6. The molecule has 1 amide bonds. The standard InChI is InChI=1S/C19H20BrFN6O7S2/c1-19(2,3)27(36(30)31)18(29)33-25-7-6-11(9-25)35-16-14(22-34-24-16)15-23-32-17(28)26(15)10-4-5-13(21)12(20)8-10/h4-5,8,11H,6-7,9H2,1-3H3,(H,30,31)/p-1/t11-/m1/s1. The predicted octanol–water partition coefficient (Wildman–Crippen LogP) is 2.89. The van der Waals surface area contributed by atoms with Crippen LogP contribution in [-0.2, 0) is 16.1 Å². The Kier molecular flexibility index (Phi) is 7.65. The van der Waals surface area contributed by atoms with Crippen LogP contribution in [0.2, 0.25) is 0 Å². The number of halogens is 2. The maximum absolute atomic E-state index is 13.7. The third-order valence-corrected chi connectivity index (χ3v) is 7.77. The van der Waals surface area contributed by atoms with Gasteiger partial charge in [0.2, 0.25) is 5.82 Å². The lowest BCUT2D eigenvalue weighted by Crippen LogP contribution is -2.48. The molecule has 0 N–H and O–H groups in total. The molecule has 4 rings (SSSR count). The zero-order valence-electron chi connectivity index (χ0n) is 19.0. The Hall–Kier alpha value is -2.60. The van der Waals surface area contributed by atoms with E-state index < -0.39 is 34.5 Å². The van der Waals surface area contributed by atoms with Gasteiger partial charge in [0.25, 0.3) is 0 Å². The van der Waals surface area contributed by atoms with Crippen molar-refractivity contribution in [1.82, 2.24) is 29.4 Å². The molecule has 0 spiro atoms. The summed E-state index contributed by atoms with van der Waals surface area (Å²) in [6, 6.07) is 3.94.